The van der Waals surface area contributed by atoms with E-state index in [1.807, 2.05) is 6.92 Å². The standard InChI is InChI=1S/C14H27N3O/c1-4-7-13-15-11(2)14(18)17(13)10-12-8-5-6-9-16(12)3/h11-13,15H,4-10H2,1-3H3. The van der Waals surface area contributed by atoms with E-state index in [2.05, 4.69) is 29.1 Å². The van der Waals surface area contributed by atoms with E-state index in [1.165, 1.54) is 25.8 Å². The SMILES string of the molecule is CCCC1NC(C)C(=O)N1CC1CCCCN1C. The first-order valence-electron chi connectivity index (χ1n) is 7.40. The Morgan fingerprint density at radius 1 is 1.39 bits per heavy atom. The second kappa shape index (κ2) is 6.02. The highest BCUT2D eigenvalue weighted by atomic mass is 16.2. The minimum absolute atomic E-state index is 0.00422. The van der Waals surface area contributed by atoms with E-state index in [-0.39, 0.29) is 18.1 Å². The largest absolute Gasteiger partial charge is 0.324 e. The van der Waals surface area contributed by atoms with Gasteiger partial charge in [0.1, 0.15) is 0 Å². The maximum Gasteiger partial charge on any atom is 0.240 e. The molecule has 2 saturated heterocycles. The van der Waals surface area contributed by atoms with Gasteiger partial charge in [-0.05, 0) is 39.8 Å². The van der Waals surface area contributed by atoms with Crippen LogP contribution in [0, 0.1) is 0 Å². The molecule has 0 radical (unpaired) electrons. The number of carbonyl (C=O) groups excluding carboxylic acids is 1. The lowest BCUT2D eigenvalue weighted by molar-refractivity contribution is -0.130. The van der Waals surface area contributed by atoms with Gasteiger partial charge in [-0.3, -0.25) is 10.1 Å². The van der Waals surface area contributed by atoms with Crippen LogP contribution in [0.2, 0.25) is 0 Å². The zero-order valence-electron chi connectivity index (χ0n) is 12.0. The maximum absolute atomic E-state index is 12.2. The third-order valence-electron chi connectivity index (χ3n) is 4.36. The van der Waals surface area contributed by atoms with E-state index in [4.69, 9.17) is 0 Å². The molecule has 0 bridgehead atoms. The molecular weight excluding hydrogens is 226 g/mol. The lowest BCUT2D eigenvalue weighted by Gasteiger charge is -2.36. The Bertz CT molecular complexity index is 295. The highest BCUT2D eigenvalue weighted by Crippen LogP contribution is 2.21. The Balaban J connectivity index is 1.98. The third kappa shape index (κ3) is 2.86. The number of piperidine rings is 1. The van der Waals surface area contributed by atoms with Gasteiger partial charge in [-0.2, -0.15) is 0 Å². The van der Waals surface area contributed by atoms with Crippen LogP contribution in [0.15, 0.2) is 0 Å². The van der Waals surface area contributed by atoms with Crippen LogP contribution in [-0.2, 0) is 4.79 Å². The molecule has 3 unspecified atom stereocenters. The van der Waals surface area contributed by atoms with Crippen LogP contribution in [0.4, 0.5) is 0 Å². The number of rotatable bonds is 4. The highest BCUT2D eigenvalue weighted by molar-refractivity contribution is 5.83. The predicted octanol–water partition coefficient (Wildman–Crippen LogP) is 1.42. The van der Waals surface area contributed by atoms with Crippen LogP contribution in [-0.4, -0.2) is 54.1 Å². The van der Waals surface area contributed by atoms with Crippen molar-refractivity contribution in [2.75, 3.05) is 20.1 Å². The van der Waals surface area contributed by atoms with Gasteiger partial charge in [0.15, 0.2) is 0 Å². The van der Waals surface area contributed by atoms with Crippen LogP contribution < -0.4 is 5.32 Å². The van der Waals surface area contributed by atoms with Crippen LogP contribution in [0.5, 0.6) is 0 Å². The van der Waals surface area contributed by atoms with Crippen LogP contribution in [0.3, 0.4) is 0 Å². The topological polar surface area (TPSA) is 35.6 Å². The molecule has 2 rings (SSSR count). The maximum atomic E-state index is 12.2. The molecule has 0 aliphatic carbocycles. The molecule has 0 aromatic heterocycles. The van der Waals surface area contributed by atoms with E-state index in [0.717, 1.165) is 19.4 Å². The van der Waals surface area contributed by atoms with Crippen molar-refractivity contribution in [2.24, 2.45) is 0 Å². The summed E-state index contributed by atoms with van der Waals surface area (Å²) in [5.41, 5.74) is 0. The Kier molecular flexibility index (Phi) is 4.62. The Morgan fingerprint density at radius 3 is 2.83 bits per heavy atom. The summed E-state index contributed by atoms with van der Waals surface area (Å²) in [6.07, 6.45) is 6.27. The summed E-state index contributed by atoms with van der Waals surface area (Å²) in [4.78, 5) is 16.7. The van der Waals surface area contributed by atoms with E-state index >= 15 is 0 Å². The molecule has 1 N–H and O–H groups in total. The minimum atomic E-state index is -0.00422. The van der Waals surface area contributed by atoms with E-state index in [9.17, 15) is 4.79 Å². The van der Waals surface area contributed by atoms with Gasteiger partial charge in [-0.15, -0.1) is 0 Å². The quantitative estimate of drug-likeness (QED) is 0.823. The molecule has 104 valence electrons. The van der Waals surface area contributed by atoms with Gasteiger partial charge in [0.05, 0.1) is 12.2 Å². The van der Waals surface area contributed by atoms with Crippen molar-refractivity contribution in [1.29, 1.82) is 0 Å². The Morgan fingerprint density at radius 2 is 2.17 bits per heavy atom. The molecule has 18 heavy (non-hydrogen) atoms. The molecule has 2 aliphatic heterocycles. The first-order valence-corrected chi connectivity index (χ1v) is 7.40. The summed E-state index contributed by atoms with van der Waals surface area (Å²) < 4.78 is 0. The van der Waals surface area contributed by atoms with Gasteiger partial charge in [0.25, 0.3) is 0 Å². The molecular formula is C14H27N3O. The molecule has 2 aliphatic rings. The first-order chi connectivity index (χ1) is 8.63. The summed E-state index contributed by atoms with van der Waals surface area (Å²) in [5, 5.41) is 3.42. The van der Waals surface area contributed by atoms with Crippen molar-refractivity contribution in [3.63, 3.8) is 0 Å². The van der Waals surface area contributed by atoms with Crippen molar-refractivity contribution < 1.29 is 4.79 Å². The van der Waals surface area contributed by atoms with E-state index < -0.39 is 0 Å². The van der Waals surface area contributed by atoms with Crippen molar-refractivity contribution in [3.8, 4) is 0 Å². The normalized spacial score (nSPS) is 34.3. The van der Waals surface area contributed by atoms with Crippen LogP contribution >= 0.6 is 0 Å². The second-order valence-electron chi connectivity index (χ2n) is 5.81. The molecule has 0 spiro atoms. The fraction of sp³-hybridized carbons (Fsp3) is 0.929. The van der Waals surface area contributed by atoms with Crippen LogP contribution in [0.1, 0.15) is 46.0 Å². The predicted molar refractivity (Wildman–Crippen MR) is 73.3 cm³/mol. The lowest BCUT2D eigenvalue weighted by atomic mass is 10.0. The third-order valence-corrected chi connectivity index (χ3v) is 4.36. The first kappa shape index (κ1) is 13.8. The van der Waals surface area contributed by atoms with Crippen LogP contribution in [0.25, 0.3) is 0 Å². The van der Waals surface area contributed by atoms with Gasteiger partial charge in [0, 0.05) is 12.6 Å². The summed E-state index contributed by atoms with van der Waals surface area (Å²) in [5.74, 6) is 0.285. The van der Waals surface area contributed by atoms with Gasteiger partial charge < -0.3 is 9.80 Å². The lowest BCUT2D eigenvalue weighted by Crippen LogP contribution is -2.48. The zero-order chi connectivity index (χ0) is 13.1. The van der Waals surface area contributed by atoms with Gasteiger partial charge in [-0.1, -0.05) is 19.8 Å². The van der Waals surface area contributed by atoms with Crippen molar-refractivity contribution in [2.45, 2.75) is 64.2 Å². The van der Waals surface area contributed by atoms with Crippen molar-refractivity contribution in [1.82, 2.24) is 15.1 Å². The number of hydrogen-bond donors (Lipinski definition) is 1. The number of carbonyl (C=O) groups is 1. The van der Waals surface area contributed by atoms with Crippen molar-refractivity contribution in [3.05, 3.63) is 0 Å². The molecule has 0 aromatic carbocycles. The van der Waals surface area contributed by atoms with Gasteiger partial charge >= 0.3 is 0 Å². The Hall–Kier alpha value is -0.610. The Labute approximate surface area is 111 Å². The highest BCUT2D eigenvalue weighted by Gasteiger charge is 2.37. The molecule has 2 fully saturated rings. The zero-order valence-corrected chi connectivity index (χ0v) is 12.0. The fourth-order valence-electron chi connectivity index (χ4n) is 3.18. The van der Waals surface area contributed by atoms with Crippen molar-refractivity contribution >= 4 is 5.91 Å². The summed E-state index contributed by atoms with van der Waals surface area (Å²) >= 11 is 0. The smallest absolute Gasteiger partial charge is 0.240 e. The number of amides is 1. The fourth-order valence-corrected chi connectivity index (χ4v) is 3.18. The van der Waals surface area contributed by atoms with Gasteiger partial charge in [-0.25, -0.2) is 0 Å². The minimum Gasteiger partial charge on any atom is -0.324 e. The number of likely N-dealkylation sites (N-methyl/N-ethyl adjacent to an activating group) is 1. The molecule has 1 amide bonds. The molecule has 2 heterocycles. The number of nitrogens with one attached hydrogen (secondary N) is 1. The monoisotopic (exact) mass is 253 g/mol. The number of hydrogen-bond acceptors (Lipinski definition) is 3. The van der Waals surface area contributed by atoms with E-state index in [0.29, 0.717) is 6.04 Å². The average molecular weight is 253 g/mol. The molecule has 0 aromatic rings. The summed E-state index contributed by atoms with van der Waals surface area (Å²) in [7, 11) is 2.19. The average Bonchev–Trinajstić information content (AvgIpc) is 2.60. The molecule has 0 saturated carbocycles. The second-order valence-corrected chi connectivity index (χ2v) is 5.81. The number of nitrogens with zero attached hydrogens (tertiary/aromatic N) is 2. The number of likely N-dealkylation sites (tertiary alicyclic amines) is 1. The molecule has 4 nitrogen and oxygen atoms in total. The molecule has 4 heteroatoms. The van der Waals surface area contributed by atoms with E-state index in [1.54, 1.807) is 0 Å². The molecule has 3 atom stereocenters. The summed E-state index contributed by atoms with van der Waals surface area (Å²) in [6.45, 7) is 6.24. The summed E-state index contributed by atoms with van der Waals surface area (Å²) in [6, 6.07) is 0.546. The van der Waals surface area contributed by atoms with Gasteiger partial charge in [0.2, 0.25) is 5.91 Å².